The molecule has 0 saturated heterocycles. The van der Waals surface area contributed by atoms with Gasteiger partial charge in [0.05, 0.1) is 22.4 Å². The Balaban J connectivity index is 1.23. The molecule has 228 valence electrons. The molecule has 0 radical (unpaired) electrons. The summed E-state index contributed by atoms with van der Waals surface area (Å²) in [6.07, 6.45) is 6.20. The molecule has 0 fully saturated rings. The van der Waals surface area contributed by atoms with Gasteiger partial charge in [0.2, 0.25) is 0 Å². The summed E-state index contributed by atoms with van der Waals surface area (Å²) in [6, 6.07) is 52.3. The fraction of sp³-hybridized carbons (Fsp3) is 0.0238. The number of pyridine rings is 1. The first kappa shape index (κ1) is 27.8. The van der Waals surface area contributed by atoms with E-state index in [0.717, 1.165) is 51.0 Å². The van der Waals surface area contributed by atoms with Crippen LogP contribution < -0.4 is 5.32 Å². The van der Waals surface area contributed by atoms with Crippen LogP contribution in [-0.2, 0) is 0 Å². The van der Waals surface area contributed by atoms with E-state index in [1.54, 1.807) is 0 Å². The Labute approximate surface area is 278 Å². The van der Waals surface area contributed by atoms with Gasteiger partial charge in [-0.15, -0.1) is 10.2 Å². The van der Waals surface area contributed by atoms with Gasteiger partial charge in [0, 0.05) is 38.7 Å². The first-order valence-corrected chi connectivity index (χ1v) is 16.1. The lowest BCUT2D eigenvalue weighted by molar-refractivity contribution is 0.579. The van der Waals surface area contributed by atoms with Crippen LogP contribution in [0.25, 0.3) is 67.0 Å². The van der Waals surface area contributed by atoms with E-state index in [2.05, 4.69) is 124 Å². The van der Waals surface area contributed by atoms with E-state index in [-0.39, 0.29) is 6.17 Å². The third-order valence-electron chi connectivity index (χ3n) is 8.92. The van der Waals surface area contributed by atoms with Crippen molar-refractivity contribution in [2.24, 2.45) is 0 Å². The second-order valence-electron chi connectivity index (χ2n) is 11.8. The first-order chi connectivity index (χ1) is 23.8. The van der Waals surface area contributed by atoms with Crippen molar-refractivity contribution in [2.75, 3.05) is 0 Å². The van der Waals surface area contributed by atoms with E-state index in [4.69, 9.17) is 15.2 Å². The smallest absolute Gasteiger partial charge is 0.169 e. The predicted octanol–water partition coefficient (Wildman–Crippen LogP) is 9.47. The minimum absolute atomic E-state index is 0.130. The van der Waals surface area contributed by atoms with Gasteiger partial charge in [0.15, 0.2) is 11.6 Å². The highest BCUT2D eigenvalue weighted by Gasteiger charge is 2.23. The Hall–Kier alpha value is -6.53. The molecule has 1 aliphatic heterocycles. The lowest BCUT2D eigenvalue weighted by Crippen LogP contribution is -2.23. The molecular weight excluding hydrogens is 589 g/mol. The number of nitrogens with zero attached hydrogens (tertiary/aromatic N) is 5. The Bertz CT molecular complexity index is 2360. The topological polar surface area (TPSA) is 60.6 Å². The number of rotatable bonds is 6. The fourth-order valence-electron chi connectivity index (χ4n) is 6.71. The molecule has 6 nitrogen and oxygen atoms in total. The zero-order valence-electron chi connectivity index (χ0n) is 26.0. The maximum absolute atomic E-state index is 5.10. The zero-order valence-corrected chi connectivity index (χ0v) is 26.0. The van der Waals surface area contributed by atoms with Gasteiger partial charge in [-0.05, 0) is 54.8 Å². The Morgan fingerprint density at radius 2 is 1.04 bits per heavy atom. The molecule has 8 aromatic rings. The average Bonchev–Trinajstić information content (AvgIpc) is 3.76. The summed E-state index contributed by atoms with van der Waals surface area (Å²) in [7, 11) is 0. The third-order valence-corrected chi connectivity index (χ3v) is 8.92. The Morgan fingerprint density at radius 1 is 0.521 bits per heavy atom. The molecule has 9 rings (SSSR count). The molecule has 6 heteroatoms. The molecule has 48 heavy (non-hydrogen) atoms. The predicted molar refractivity (Wildman–Crippen MR) is 194 cm³/mol. The lowest BCUT2D eigenvalue weighted by atomic mass is 10.0. The number of para-hydroxylation sites is 3. The van der Waals surface area contributed by atoms with Gasteiger partial charge < -0.3 is 9.88 Å². The van der Waals surface area contributed by atoms with Crippen molar-refractivity contribution in [3.8, 4) is 39.6 Å². The molecule has 4 heterocycles. The van der Waals surface area contributed by atoms with Crippen LogP contribution in [0.2, 0.25) is 0 Å². The standard InChI is InChI=1S/C42H30N6/c1-4-14-29(15-5-1)36-26-32(27-37(44-36)30-16-6-2-7-17-30)42-46-45-41(47(42)33-18-8-3-9-19-33)31-24-25-43-40(28-31)48-38-22-12-10-20-34(38)35-21-11-13-23-39(35)48/h1-28,40,43H. The van der Waals surface area contributed by atoms with E-state index in [1.807, 2.05) is 60.8 Å². The van der Waals surface area contributed by atoms with Crippen LogP contribution in [0.15, 0.2) is 170 Å². The average molecular weight is 619 g/mol. The van der Waals surface area contributed by atoms with Crippen LogP contribution in [0.3, 0.4) is 0 Å². The van der Waals surface area contributed by atoms with Crippen LogP contribution in [0.1, 0.15) is 12.0 Å². The van der Waals surface area contributed by atoms with Crippen molar-refractivity contribution in [3.05, 3.63) is 176 Å². The van der Waals surface area contributed by atoms with Gasteiger partial charge >= 0.3 is 0 Å². The maximum atomic E-state index is 5.10. The summed E-state index contributed by atoms with van der Waals surface area (Å²) in [4.78, 5) is 5.10. The van der Waals surface area contributed by atoms with E-state index in [9.17, 15) is 0 Å². The van der Waals surface area contributed by atoms with Gasteiger partial charge in [-0.2, -0.15) is 0 Å². The fourth-order valence-corrected chi connectivity index (χ4v) is 6.71. The van der Waals surface area contributed by atoms with Gasteiger partial charge in [0.25, 0.3) is 0 Å². The van der Waals surface area contributed by atoms with Crippen molar-refractivity contribution in [1.82, 2.24) is 29.6 Å². The second kappa shape index (κ2) is 11.7. The third kappa shape index (κ3) is 4.79. The van der Waals surface area contributed by atoms with Crippen LogP contribution in [0.5, 0.6) is 0 Å². The minimum atomic E-state index is -0.130. The van der Waals surface area contributed by atoms with Crippen molar-refractivity contribution >= 4 is 27.4 Å². The maximum Gasteiger partial charge on any atom is 0.169 e. The number of dihydropyridines is 1. The number of aromatic nitrogens is 5. The summed E-state index contributed by atoms with van der Waals surface area (Å²) >= 11 is 0. The zero-order chi connectivity index (χ0) is 31.9. The first-order valence-electron chi connectivity index (χ1n) is 16.1. The monoisotopic (exact) mass is 618 g/mol. The van der Waals surface area contributed by atoms with Gasteiger partial charge in [0.1, 0.15) is 6.17 Å². The molecule has 0 amide bonds. The molecule has 0 saturated carbocycles. The number of allylic oxidation sites excluding steroid dienone is 2. The van der Waals surface area contributed by atoms with Crippen molar-refractivity contribution in [2.45, 2.75) is 6.17 Å². The molecule has 1 N–H and O–H groups in total. The summed E-state index contributed by atoms with van der Waals surface area (Å²) in [5.41, 5.74) is 9.07. The molecule has 0 aliphatic carbocycles. The summed E-state index contributed by atoms with van der Waals surface area (Å²) in [5, 5.41) is 15.8. The molecule has 1 atom stereocenters. The lowest BCUT2D eigenvalue weighted by Gasteiger charge is -2.23. The van der Waals surface area contributed by atoms with Crippen molar-refractivity contribution < 1.29 is 0 Å². The highest BCUT2D eigenvalue weighted by Crippen LogP contribution is 2.36. The minimum Gasteiger partial charge on any atom is -0.368 e. The van der Waals surface area contributed by atoms with Crippen molar-refractivity contribution in [3.63, 3.8) is 0 Å². The molecule has 3 aromatic heterocycles. The molecule has 0 bridgehead atoms. The number of hydrogen-bond donors (Lipinski definition) is 1. The molecule has 5 aromatic carbocycles. The van der Waals surface area contributed by atoms with E-state index >= 15 is 0 Å². The quantitative estimate of drug-likeness (QED) is 0.202. The Kier molecular flexibility index (Phi) is 6.75. The van der Waals surface area contributed by atoms with Gasteiger partial charge in [-0.1, -0.05) is 115 Å². The van der Waals surface area contributed by atoms with Crippen molar-refractivity contribution in [1.29, 1.82) is 0 Å². The molecule has 1 aliphatic rings. The van der Waals surface area contributed by atoms with Crippen LogP contribution in [0.4, 0.5) is 0 Å². The number of fused-ring (bicyclic) bond motifs is 3. The molecule has 1 unspecified atom stereocenters. The van der Waals surface area contributed by atoms with Gasteiger partial charge in [-0.25, -0.2) is 4.98 Å². The van der Waals surface area contributed by atoms with Crippen LogP contribution >= 0.6 is 0 Å². The van der Waals surface area contributed by atoms with E-state index < -0.39 is 0 Å². The summed E-state index contributed by atoms with van der Waals surface area (Å²) < 4.78 is 4.52. The van der Waals surface area contributed by atoms with Gasteiger partial charge in [-0.3, -0.25) is 4.57 Å². The number of hydrogen-bond acceptors (Lipinski definition) is 4. The van der Waals surface area contributed by atoms with Crippen LogP contribution in [-0.4, -0.2) is 24.3 Å². The highest BCUT2D eigenvalue weighted by atomic mass is 15.3. The summed E-state index contributed by atoms with van der Waals surface area (Å²) in [6.45, 7) is 0. The largest absolute Gasteiger partial charge is 0.368 e. The SMILES string of the molecule is C1=CC(c2nnc(-c3cc(-c4ccccc4)nc(-c4ccccc4)c3)n2-c2ccccc2)=CC(n2c3ccccc3c3ccccc32)N1. The molecule has 0 spiro atoms. The van der Waals surface area contributed by atoms with E-state index in [1.165, 1.54) is 21.8 Å². The summed E-state index contributed by atoms with van der Waals surface area (Å²) in [5.74, 6) is 1.51. The highest BCUT2D eigenvalue weighted by molar-refractivity contribution is 6.08. The number of nitrogens with one attached hydrogen (secondary N) is 1. The van der Waals surface area contributed by atoms with E-state index in [0.29, 0.717) is 0 Å². The normalized spacial score (nSPS) is 14.2. The Morgan fingerprint density at radius 3 is 1.65 bits per heavy atom. The molecular formula is C42H30N6. The van der Waals surface area contributed by atoms with Crippen LogP contribution in [0, 0.1) is 0 Å². The number of benzene rings is 5. The second-order valence-corrected chi connectivity index (χ2v) is 11.8.